The van der Waals surface area contributed by atoms with Gasteiger partial charge in [-0.1, -0.05) is 26.0 Å². The van der Waals surface area contributed by atoms with Crippen molar-refractivity contribution in [3.63, 3.8) is 0 Å². The number of benzene rings is 1. The summed E-state index contributed by atoms with van der Waals surface area (Å²) in [4.78, 5) is 28.9. The monoisotopic (exact) mass is 403 g/mol. The van der Waals surface area contributed by atoms with E-state index in [9.17, 15) is 9.59 Å². The van der Waals surface area contributed by atoms with E-state index in [0.29, 0.717) is 18.9 Å². The van der Waals surface area contributed by atoms with Crippen LogP contribution in [-0.2, 0) is 27.3 Å². The van der Waals surface area contributed by atoms with E-state index in [1.807, 2.05) is 13.8 Å². The number of hydrogen-bond acceptors (Lipinski definition) is 6. The Hall–Kier alpha value is -2.12. The van der Waals surface area contributed by atoms with E-state index in [0.717, 1.165) is 51.5 Å². The Bertz CT molecular complexity index is 714. The highest BCUT2D eigenvalue weighted by atomic mass is 16.5. The average Bonchev–Trinajstić information content (AvgIpc) is 3.16. The smallest absolute Gasteiger partial charge is 0.328 e. The number of piperazine rings is 1. The van der Waals surface area contributed by atoms with Gasteiger partial charge >= 0.3 is 5.97 Å². The topological polar surface area (TPSA) is 71.1 Å². The molecule has 0 aromatic heterocycles. The molecule has 3 rings (SSSR count). The Morgan fingerprint density at radius 2 is 1.90 bits per heavy atom. The molecule has 1 N–H and O–H groups in total. The summed E-state index contributed by atoms with van der Waals surface area (Å²) in [5.74, 6) is 0.825. The van der Waals surface area contributed by atoms with E-state index in [4.69, 9.17) is 9.47 Å². The SMILES string of the molecule is COC(=O)[C@@H](CC(C)C)NC(=O)CN1CCN(Cc2ccc3c(c2)CCO3)CC1. The molecule has 2 heterocycles. The van der Waals surface area contributed by atoms with Crippen LogP contribution < -0.4 is 10.1 Å². The number of methoxy groups -OCH3 is 1. The number of rotatable bonds is 8. The second kappa shape index (κ2) is 10.1. The number of hydrogen-bond donors (Lipinski definition) is 1. The second-order valence-electron chi connectivity index (χ2n) is 8.37. The fraction of sp³-hybridized carbons (Fsp3) is 0.636. The van der Waals surface area contributed by atoms with Crippen molar-refractivity contribution in [3.05, 3.63) is 29.3 Å². The lowest BCUT2D eigenvalue weighted by atomic mass is 10.0. The third-order valence-electron chi connectivity index (χ3n) is 5.52. The van der Waals surface area contributed by atoms with E-state index >= 15 is 0 Å². The fourth-order valence-electron chi connectivity index (χ4n) is 3.97. The van der Waals surface area contributed by atoms with Crippen molar-refractivity contribution >= 4 is 11.9 Å². The normalized spacial score (nSPS) is 18.2. The highest BCUT2D eigenvalue weighted by molar-refractivity contribution is 5.85. The molecular weight excluding hydrogens is 370 g/mol. The number of carbonyl (C=O) groups excluding carboxylic acids is 2. The van der Waals surface area contributed by atoms with Gasteiger partial charge in [-0.3, -0.25) is 14.6 Å². The summed E-state index contributed by atoms with van der Waals surface area (Å²) in [6.45, 7) is 9.60. The van der Waals surface area contributed by atoms with Gasteiger partial charge in [0.2, 0.25) is 5.91 Å². The van der Waals surface area contributed by atoms with Crippen molar-refractivity contribution in [2.45, 2.75) is 39.3 Å². The van der Waals surface area contributed by atoms with E-state index in [-0.39, 0.29) is 11.9 Å². The molecule has 7 heteroatoms. The Kier molecular flexibility index (Phi) is 7.50. The van der Waals surface area contributed by atoms with Crippen LogP contribution in [0, 0.1) is 5.92 Å². The maximum absolute atomic E-state index is 12.4. The summed E-state index contributed by atoms with van der Waals surface area (Å²) in [7, 11) is 1.36. The van der Waals surface area contributed by atoms with Gasteiger partial charge in [-0.15, -0.1) is 0 Å². The van der Waals surface area contributed by atoms with Crippen LogP contribution in [0.25, 0.3) is 0 Å². The molecule has 2 aliphatic rings. The highest BCUT2D eigenvalue weighted by Crippen LogP contribution is 2.26. The van der Waals surface area contributed by atoms with E-state index in [1.54, 1.807) is 0 Å². The van der Waals surface area contributed by atoms with Crippen LogP contribution >= 0.6 is 0 Å². The number of nitrogens with zero attached hydrogens (tertiary/aromatic N) is 2. The molecule has 160 valence electrons. The van der Waals surface area contributed by atoms with Gasteiger partial charge < -0.3 is 14.8 Å². The van der Waals surface area contributed by atoms with Gasteiger partial charge in [0.25, 0.3) is 0 Å². The summed E-state index contributed by atoms with van der Waals surface area (Å²) < 4.78 is 10.4. The van der Waals surface area contributed by atoms with Crippen LogP contribution in [0.3, 0.4) is 0 Å². The summed E-state index contributed by atoms with van der Waals surface area (Å²) in [5, 5.41) is 2.84. The highest BCUT2D eigenvalue weighted by Gasteiger charge is 2.25. The lowest BCUT2D eigenvalue weighted by Crippen LogP contribution is -2.51. The lowest BCUT2D eigenvalue weighted by Gasteiger charge is -2.34. The molecule has 0 spiro atoms. The first kappa shape index (κ1) is 21.6. The summed E-state index contributed by atoms with van der Waals surface area (Å²) in [6.07, 6.45) is 1.58. The van der Waals surface area contributed by atoms with Gasteiger partial charge in [0.1, 0.15) is 11.8 Å². The predicted octanol–water partition coefficient (Wildman–Crippen LogP) is 1.44. The van der Waals surface area contributed by atoms with E-state index in [1.165, 1.54) is 18.2 Å². The lowest BCUT2D eigenvalue weighted by molar-refractivity contribution is -0.145. The van der Waals surface area contributed by atoms with Crippen molar-refractivity contribution in [1.29, 1.82) is 0 Å². The number of nitrogens with one attached hydrogen (secondary N) is 1. The van der Waals surface area contributed by atoms with Crippen LogP contribution in [0.1, 0.15) is 31.4 Å². The van der Waals surface area contributed by atoms with Crippen LogP contribution in [0.5, 0.6) is 5.75 Å². The quantitative estimate of drug-likeness (QED) is 0.663. The zero-order chi connectivity index (χ0) is 20.8. The maximum Gasteiger partial charge on any atom is 0.328 e. The molecule has 0 bridgehead atoms. The Morgan fingerprint density at radius 1 is 1.17 bits per heavy atom. The number of esters is 1. The second-order valence-corrected chi connectivity index (χ2v) is 8.37. The number of ether oxygens (including phenoxy) is 2. The van der Waals surface area contributed by atoms with E-state index < -0.39 is 6.04 Å². The van der Waals surface area contributed by atoms with Gasteiger partial charge in [0.05, 0.1) is 20.3 Å². The summed E-state index contributed by atoms with van der Waals surface area (Å²) in [6, 6.07) is 5.90. The largest absolute Gasteiger partial charge is 0.493 e. The Morgan fingerprint density at radius 3 is 2.59 bits per heavy atom. The first-order valence-electron chi connectivity index (χ1n) is 10.5. The molecule has 0 unspecified atom stereocenters. The molecule has 29 heavy (non-hydrogen) atoms. The fourth-order valence-corrected chi connectivity index (χ4v) is 3.97. The zero-order valence-corrected chi connectivity index (χ0v) is 17.8. The zero-order valence-electron chi connectivity index (χ0n) is 17.8. The standard InChI is InChI=1S/C22H33N3O4/c1-16(2)12-19(22(27)28-3)23-21(26)15-25-9-7-24(8-10-25)14-17-4-5-20-18(13-17)6-11-29-20/h4-5,13,16,19H,6-12,14-15H2,1-3H3,(H,23,26)/t19-/m1/s1. The third kappa shape index (κ3) is 6.18. The first-order chi connectivity index (χ1) is 13.9. The summed E-state index contributed by atoms with van der Waals surface area (Å²) >= 11 is 0. The molecular formula is C22H33N3O4. The minimum Gasteiger partial charge on any atom is -0.493 e. The van der Waals surface area contributed by atoms with Crippen molar-refractivity contribution in [2.75, 3.05) is 46.4 Å². The third-order valence-corrected chi connectivity index (χ3v) is 5.52. The molecule has 1 fully saturated rings. The van der Waals surface area contributed by atoms with Crippen LogP contribution in [0.15, 0.2) is 18.2 Å². The molecule has 1 atom stereocenters. The number of carbonyl (C=O) groups is 2. The molecule has 0 radical (unpaired) electrons. The van der Waals surface area contributed by atoms with E-state index in [2.05, 4.69) is 33.3 Å². The molecule has 1 aromatic rings. The number of amides is 1. The average molecular weight is 404 g/mol. The van der Waals surface area contributed by atoms with Crippen LogP contribution in [-0.4, -0.2) is 74.2 Å². The van der Waals surface area contributed by atoms with Crippen molar-refractivity contribution in [2.24, 2.45) is 5.92 Å². The number of fused-ring (bicyclic) bond motifs is 1. The molecule has 1 saturated heterocycles. The minimum absolute atomic E-state index is 0.117. The van der Waals surface area contributed by atoms with Crippen LogP contribution in [0.4, 0.5) is 0 Å². The maximum atomic E-state index is 12.4. The van der Waals surface area contributed by atoms with Crippen molar-refractivity contribution in [1.82, 2.24) is 15.1 Å². The first-order valence-corrected chi connectivity index (χ1v) is 10.5. The molecule has 1 amide bonds. The van der Waals surface area contributed by atoms with Crippen LogP contribution in [0.2, 0.25) is 0 Å². The van der Waals surface area contributed by atoms with Gasteiger partial charge in [-0.05, 0) is 29.5 Å². The Labute approximate surface area is 173 Å². The molecule has 2 aliphatic heterocycles. The van der Waals surface area contributed by atoms with Gasteiger partial charge in [0, 0.05) is 39.1 Å². The molecule has 0 saturated carbocycles. The van der Waals surface area contributed by atoms with Crippen molar-refractivity contribution < 1.29 is 19.1 Å². The summed E-state index contributed by atoms with van der Waals surface area (Å²) in [5.41, 5.74) is 2.62. The molecule has 1 aromatic carbocycles. The Balaban J connectivity index is 1.43. The van der Waals surface area contributed by atoms with Gasteiger partial charge in [0.15, 0.2) is 0 Å². The molecule has 0 aliphatic carbocycles. The molecule has 7 nitrogen and oxygen atoms in total. The van der Waals surface area contributed by atoms with Gasteiger partial charge in [-0.25, -0.2) is 4.79 Å². The minimum atomic E-state index is -0.572. The van der Waals surface area contributed by atoms with Crippen molar-refractivity contribution in [3.8, 4) is 5.75 Å². The predicted molar refractivity (Wildman–Crippen MR) is 111 cm³/mol. The van der Waals surface area contributed by atoms with Gasteiger partial charge in [-0.2, -0.15) is 0 Å².